The first kappa shape index (κ1) is 22.8. The minimum absolute atomic E-state index is 0.0676. The molecule has 3 amide bonds. The number of amides is 3. The predicted octanol–water partition coefficient (Wildman–Crippen LogP) is 2.32. The number of esters is 1. The lowest BCUT2D eigenvalue weighted by Gasteiger charge is -2.24. The molecule has 0 unspecified atom stereocenters. The zero-order valence-corrected chi connectivity index (χ0v) is 18.2. The minimum atomic E-state index is -0.697. The van der Waals surface area contributed by atoms with E-state index in [0.717, 1.165) is 24.8 Å². The van der Waals surface area contributed by atoms with Gasteiger partial charge in [-0.05, 0) is 43.4 Å². The summed E-state index contributed by atoms with van der Waals surface area (Å²) in [6.07, 6.45) is 5.50. The number of hydrogen-bond donors (Lipinski definition) is 3. The van der Waals surface area contributed by atoms with Crippen LogP contribution < -0.4 is 16.0 Å². The van der Waals surface area contributed by atoms with Crippen LogP contribution in [0.5, 0.6) is 0 Å². The third kappa shape index (κ3) is 5.62. The summed E-state index contributed by atoms with van der Waals surface area (Å²) in [5, 5.41) is 8.59. The van der Waals surface area contributed by atoms with Crippen molar-refractivity contribution < 1.29 is 23.9 Å². The van der Waals surface area contributed by atoms with Crippen LogP contribution in [-0.4, -0.2) is 42.9 Å². The second-order valence-electron chi connectivity index (χ2n) is 8.26. The SMILES string of the molecule is CCCC[C@H](NC(=O)c1ccc2c(c1)NC(=O)CC2)C(=O)N[C@H]1CCC[C@H]1C(=O)OC. The molecule has 0 radical (unpaired) electrons. The highest BCUT2D eigenvalue weighted by atomic mass is 16.5. The summed E-state index contributed by atoms with van der Waals surface area (Å²) >= 11 is 0. The van der Waals surface area contributed by atoms with Crippen LogP contribution in [0.3, 0.4) is 0 Å². The molecule has 8 nitrogen and oxygen atoms in total. The predicted molar refractivity (Wildman–Crippen MR) is 115 cm³/mol. The molecule has 0 spiro atoms. The van der Waals surface area contributed by atoms with Crippen molar-refractivity contribution in [3.05, 3.63) is 29.3 Å². The lowest BCUT2D eigenvalue weighted by Crippen LogP contribution is -2.51. The zero-order chi connectivity index (χ0) is 22.4. The highest BCUT2D eigenvalue weighted by molar-refractivity contribution is 6.00. The zero-order valence-electron chi connectivity index (χ0n) is 18.2. The molecular weight excluding hydrogens is 398 g/mol. The molecular formula is C23H31N3O5. The van der Waals surface area contributed by atoms with E-state index >= 15 is 0 Å². The fourth-order valence-corrected chi connectivity index (χ4v) is 4.28. The molecule has 3 atom stereocenters. The Morgan fingerprint density at radius 1 is 1.23 bits per heavy atom. The van der Waals surface area contributed by atoms with E-state index in [1.54, 1.807) is 12.1 Å². The van der Waals surface area contributed by atoms with Crippen molar-refractivity contribution in [3.63, 3.8) is 0 Å². The second-order valence-corrected chi connectivity index (χ2v) is 8.26. The third-order valence-corrected chi connectivity index (χ3v) is 6.08. The molecule has 1 saturated carbocycles. The van der Waals surface area contributed by atoms with Gasteiger partial charge in [0.1, 0.15) is 6.04 Å². The molecule has 168 valence electrons. The smallest absolute Gasteiger partial charge is 0.310 e. The van der Waals surface area contributed by atoms with Gasteiger partial charge in [-0.1, -0.05) is 32.3 Å². The molecule has 2 aliphatic rings. The fourth-order valence-electron chi connectivity index (χ4n) is 4.28. The van der Waals surface area contributed by atoms with Gasteiger partial charge in [-0.25, -0.2) is 0 Å². The van der Waals surface area contributed by atoms with Crippen molar-refractivity contribution >= 4 is 29.4 Å². The monoisotopic (exact) mass is 429 g/mol. The first-order chi connectivity index (χ1) is 14.9. The molecule has 1 heterocycles. The van der Waals surface area contributed by atoms with E-state index in [0.29, 0.717) is 43.4 Å². The summed E-state index contributed by atoms with van der Waals surface area (Å²) in [4.78, 5) is 49.5. The van der Waals surface area contributed by atoms with Crippen LogP contribution in [0.2, 0.25) is 0 Å². The third-order valence-electron chi connectivity index (χ3n) is 6.08. The van der Waals surface area contributed by atoms with Gasteiger partial charge in [-0.3, -0.25) is 19.2 Å². The summed E-state index contributed by atoms with van der Waals surface area (Å²) in [7, 11) is 1.35. The maximum atomic E-state index is 13.0. The molecule has 1 aliphatic heterocycles. The van der Waals surface area contributed by atoms with Crippen LogP contribution in [0, 0.1) is 5.92 Å². The van der Waals surface area contributed by atoms with Gasteiger partial charge in [0, 0.05) is 23.7 Å². The van der Waals surface area contributed by atoms with E-state index in [1.807, 2.05) is 13.0 Å². The van der Waals surface area contributed by atoms with Crippen molar-refractivity contribution in [2.45, 2.75) is 70.4 Å². The molecule has 0 aromatic heterocycles. The number of rotatable bonds is 8. The van der Waals surface area contributed by atoms with E-state index in [-0.39, 0.29) is 35.7 Å². The first-order valence-corrected chi connectivity index (χ1v) is 11.0. The van der Waals surface area contributed by atoms with Crippen LogP contribution in [0.1, 0.15) is 67.8 Å². The topological polar surface area (TPSA) is 114 Å². The van der Waals surface area contributed by atoms with E-state index in [4.69, 9.17) is 4.74 Å². The van der Waals surface area contributed by atoms with Crippen molar-refractivity contribution in [1.29, 1.82) is 0 Å². The molecule has 1 aromatic rings. The highest BCUT2D eigenvalue weighted by Crippen LogP contribution is 2.27. The van der Waals surface area contributed by atoms with Gasteiger partial charge in [0.25, 0.3) is 5.91 Å². The Labute approximate surface area is 182 Å². The Kier molecular flexibility index (Phi) is 7.65. The number of carbonyl (C=O) groups is 4. The first-order valence-electron chi connectivity index (χ1n) is 11.0. The summed E-state index contributed by atoms with van der Waals surface area (Å²) in [5.41, 5.74) is 2.03. The van der Waals surface area contributed by atoms with Crippen molar-refractivity contribution in [1.82, 2.24) is 10.6 Å². The Balaban J connectivity index is 1.68. The van der Waals surface area contributed by atoms with Crippen molar-refractivity contribution in [2.75, 3.05) is 12.4 Å². The molecule has 8 heteroatoms. The van der Waals surface area contributed by atoms with Gasteiger partial charge in [-0.15, -0.1) is 0 Å². The number of nitrogens with one attached hydrogen (secondary N) is 3. The normalized spacial score (nSPS) is 20.9. The number of methoxy groups -OCH3 is 1. The van der Waals surface area contributed by atoms with E-state index in [9.17, 15) is 19.2 Å². The molecule has 3 N–H and O–H groups in total. The summed E-state index contributed by atoms with van der Waals surface area (Å²) in [5.74, 6) is -1.38. The minimum Gasteiger partial charge on any atom is -0.469 e. The van der Waals surface area contributed by atoms with Crippen LogP contribution in [0.15, 0.2) is 18.2 Å². The van der Waals surface area contributed by atoms with Gasteiger partial charge >= 0.3 is 5.97 Å². The average molecular weight is 430 g/mol. The number of ether oxygens (including phenoxy) is 1. The number of benzene rings is 1. The molecule has 1 fully saturated rings. The molecule has 3 rings (SSSR count). The Morgan fingerprint density at radius 2 is 2.03 bits per heavy atom. The second kappa shape index (κ2) is 10.4. The van der Waals surface area contributed by atoms with E-state index < -0.39 is 6.04 Å². The van der Waals surface area contributed by atoms with Crippen molar-refractivity contribution in [3.8, 4) is 0 Å². The van der Waals surface area contributed by atoms with Gasteiger partial charge < -0.3 is 20.7 Å². The van der Waals surface area contributed by atoms with Crippen LogP contribution in [0.4, 0.5) is 5.69 Å². The number of carbonyl (C=O) groups excluding carboxylic acids is 4. The number of hydrogen-bond acceptors (Lipinski definition) is 5. The summed E-state index contributed by atoms with van der Waals surface area (Å²) in [6.45, 7) is 2.02. The maximum Gasteiger partial charge on any atom is 0.310 e. The van der Waals surface area contributed by atoms with Gasteiger partial charge in [-0.2, -0.15) is 0 Å². The summed E-state index contributed by atoms with van der Waals surface area (Å²) in [6, 6.07) is 4.23. The fraction of sp³-hybridized carbons (Fsp3) is 0.565. The number of aryl methyl sites for hydroxylation is 1. The number of anilines is 1. The van der Waals surface area contributed by atoms with Crippen LogP contribution >= 0.6 is 0 Å². The van der Waals surface area contributed by atoms with Crippen LogP contribution in [0.25, 0.3) is 0 Å². The number of fused-ring (bicyclic) bond motifs is 1. The molecule has 1 aliphatic carbocycles. The van der Waals surface area contributed by atoms with Gasteiger partial charge in [0.15, 0.2) is 0 Å². The maximum absolute atomic E-state index is 13.0. The quantitative estimate of drug-likeness (QED) is 0.549. The Bertz CT molecular complexity index is 854. The summed E-state index contributed by atoms with van der Waals surface area (Å²) < 4.78 is 4.86. The molecule has 0 bridgehead atoms. The molecule has 31 heavy (non-hydrogen) atoms. The van der Waals surface area contributed by atoms with E-state index in [1.165, 1.54) is 7.11 Å². The van der Waals surface area contributed by atoms with Gasteiger partial charge in [0.05, 0.1) is 13.0 Å². The standard InChI is InChI=1S/C23H31N3O5/c1-3-4-7-18(22(29)25-17-8-5-6-16(17)23(30)31-2)26-21(28)15-10-9-14-11-12-20(27)24-19(14)13-15/h9-10,13,16-18H,3-8,11-12H2,1-2H3,(H,24,27)(H,25,29)(H,26,28)/t16-,17+,18+/m1/s1. The molecule has 0 saturated heterocycles. The Hall–Kier alpha value is -2.90. The largest absolute Gasteiger partial charge is 0.469 e. The van der Waals surface area contributed by atoms with Crippen LogP contribution in [-0.2, 0) is 25.5 Å². The van der Waals surface area contributed by atoms with E-state index in [2.05, 4.69) is 16.0 Å². The lowest BCUT2D eigenvalue weighted by molar-refractivity contribution is -0.146. The average Bonchev–Trinajstić information content (AvgIpc) is 3.23. The van der Waals surface area contributed by atoms with Gasteiger partial charge in [0.2, 0.25) is 11.8 Å². The molecule has 1 aromatic carbocycles. The van der Waals surface area contributed by atoms with Crippen molar-refractivity contribution in [2.24, 2.45) is 5.92 Å². The number of unbranched alkanes of at least 4 members (excludes halogenated alkanes) is 1. The lowest BCUT2D eigenvalue weighted by atomic mass is 10.00. The Morgan fingerprint density at radius 3 is 2.77 bits per heavy atom. The highest BCUT2D eigenvalue weighted by Gasteiger charge is 2.36.